The Morgan fingerprint density at radius 3 is 2.58 bits per heavy atom. The van der Waals surface area contributed by atoms with E-state index in [9.17, 15) is 21.6 Å². The number of hydrogen-bond acceptors (Lipinski definition) is 3. The van der Waals surface area contributed by atoms with E-state index >= 15 is 0 Å². The van der Waals surface area contributed by atoms with E-state index in [1.807, 2.05) is 0 Å². The minimum atomic E-state index is -4.20. The third kappa shape index (κ3) is 3.07. The van der Waals surface area contributed by atoms with E-state index in [-0.39, 0.29) is 6.04 Å². The lowest BCUT2D eigenvalue weighted by molar-refractivity contribution is 0.419. The fourth-order valence-corrected chi connectivity index (χ4v) is 3.29. The van der Waals surface area contributed by atoms with Gasteiger partial charge in [-0.2, -0.15) is 0 Å². The topological polar surface area (TPSA) is 58.2 Å². The highest BCUT2D eigenvalue weighted by Gasteiger charge is 2.27. The quantitative estimate of drug-likeness (QED) is 0.822. The summed E-state index contributed by atoms with van der Waals surface area (Å²) in [6.45, 7) is 1.21. The molecular weight excluding hydrogens is 281 g/mol. The molecule has 1 heterocycles. The SMILES string of the molecule is O=S(=O)(N[C@H]1CCCNC1)c1ccc(F)c(F)c1F. The van der Waals surface area contributed by atoms with Crippen LogP contribution in [-0.2, 0) is 10.0 Å². The van der Waals surface area contributed by atoms with Crippen LogP contribution in [0.15, 0.2) is 17.0 Å². The second-order valence-electron chi connectivity index (χ2n) is 4.34. The monoisotopic (exact) mass is 294 g/mol. The average molecular weight is 294 g/mol. The smallest absolute Gasteiger partial charge is 0.243 e. The number of hydrogen-bond donors (Lipinski definition) is 2. The number of benzene rings is 1. The molecule has 0 bridgehead atoms. The molecule has 1 fully saturated rings. The maximum absolute atomic E-state index is 13.5. The van der Waals surface area contributed by atoms with Crippen molar-refractivity contribution >= 4 is 10.0 Å². The van der Waals surface area contributed by atoms with Crippen LogP contribution in [0.5, 0.6) is 0 Å². The van der Waals surface area contributed by atoms with Crippen LogP contribution in [0.4, 0.5) is 13.2 Å². The van der Waals surface area contributed by atoms with Crippen molar-refractivity contribution in [3.05, 3.63) is 29.6 Å². The number of rotatable bonds is 3. The van der Waals surface area contributed by atoms with Gasteiger partial charge in [0, 0.05) is 12.6 Å². The number of nitrogens with one attached hydrogen (secondary N) is 2. The molecule has 4 nitrogen and oxygen atoms in total. The van der Waals surface area contributed by atoms with Crippen LogP contribution in [0.3, 0.4) is 0 Å². The molecule has 0 spiro atoms. The molecule has 0 aliphatic carbocycles. The molecule has 1 saturated heterocycles. The lowest BCUT2D eigenvalue weighted by atomic mass is 10.1. The third-order valence-electron chi connectivity index (χ3n) is 2.91. The van der Waals surface area contributed by atoms with Gasteiger partial charge in [0.1, 0.15) is 4.90 Å². The molecule has 1 aliphatic rings. The summed E-state index contributed by atoms with van der Waals surface area (Å²) in [7, 11) is -4.20. The highest BCUT2D eigenvalue weighted by Crippen LogP contribution is 2.20. The van der Waals surface area contributed by atoms with E-state index < -0.39 is 32.4 Å². The molecule has 1 aliphatic heterocycles. The third-order valence-corrected chi connectivity index (χ3v) is 4.45. The molecule has 0 saturated carbocycles. The van der Waals surface area contributed by atoms with E-state index in [1.54, 1.807) is 0 Å². The zero-order valence-corrected chi connectivity index (χ0v) is 10.7. The standard InChI is InChI=1S/C11H13F3N2O2S/c12-8-3-4-9(11(14)10(8)13)19(17,18)16-7-2-1-5-15-6-7/h3-4,7,15-16H,1-2,5-6H2/t7-/m0/s1. The van der Waals surface area contributed by atoms with Gasteiger partial charge in [0.25, 0.3) is 0 Å². The van der Waals surface area contributed by atoms with Crippen LogP contribution in [0.2, 0.25) is 0 Å². The summed E-state index contributed by atoms with van der Waals surface area (Å²) in [5.41, 5.74) is 0. The van der Waals surface area contributed by atoms with Crippen molar-refractivity contribution in [2.75, 3.05) is 13.1 Å². The van der Waals surface area contributed by atoms with Crippen molar-refractivity contribution in [3.8, 4) is 0 Å². The van der Waals surface area contributed by atoms with Gasteiger partial charge < -0.3 is 5.32 Å². The largest absolute Gasteiger partial charge is 0.315 e. The summed E-state index contributed by atoms with van der Waals surface area (Å²) < 4.78 is 65.4. The van der Waals surface area contributed by atoms with E-state index in [2.05, 4.69) is 10.0 Å². The second kappa shape index (κ2) is 5.48. The lowest BCUT2D eigenvalue weighted by Crippen LogP contribution is -2.45. The fourth-order valence-electron chi connectivity index (χ4n) is 1.95. The molecule has 8 heteroatoms. The molecule has 0 radical (unpaired) electrons. The van der Waals surface area contributed by atoms with Gasteiger partial charge in [-0.1, -0.05) is 0 Å². The van der Waals surface area contributed by atoms with Crippen molar-refractivity contribution in [2.24, 2.45) is 0 Å². The predicted octanol–water partition coefficient (Wildman–Crippen LogP) is 1.13. The van der Waals surface area contributed by atoms with Gasteiger partial charge in [0.15, 0.2) is 17.5 Å². The summed E-state index contributed by atoms with van der Waals surface area (Å²) >= 11 is 0. The molecule has 0 amide bonds. The van der Waals surface area contributed by atoms with Gasteiger partial charge in [0.2, 0.25) is 10.0 Å². The first-order valence-electron chi connectivity index (χ1n) is 5.78. The molecular formula is C11H13F3N2O2S. The summed E-state index contributed by atoms with van der Waals surface area (Å²) in [5.74, 6) is -4.91. The molecule has 2 rings (SSSR count). The Balaban J connectivity index is 2.26. The van der Waals surface area contributed by atoms with Gasteiger partial charge in [-0.25, -0.2) is 26.3 Å². The Bertz CT molecular complexity index is 572. The molecule has 2 N–H and O–H groups in total. The van der Waals surface area contributed by atoms with Crippen LogP contribution in [0, 0.1) is 17.5 Å². The average Bonchev–Trinajstić information content (AvgIpc) is 2.36. The molecule has 1 aromatic rings. The van der Waals surface area contributed by atoms with Gasteiger partial charge in [-0.05, 0) is 31.5 Å². The zero-order valence-electron chi connectivity index (χ0n) is 9.92. The summed E-state index contributed by atoms with van der Waals surface area (Å²) in [6.07, 6.45) is 1.39. The van der Waals surface area contributed by atoms with Crippen LogP contribution >= 0.6 is 0 Å². The number of halogens is 3. The van der Waals surface area contributed by atoms with Gasteiger partial charge >= 0.3 is 0 Å². The van der Waals surface area contributed by atoms with Crippen LogP contribution < -0.4 is 10.0 Å². The molecule has 0 aromatic heterocycles. The molecule has 1 aromatic carbocycles. The van der Waals surface area contributed by atoms with E-state index in [0.29, 0.717) is 25.1 Å². The number of piperidine rings is 1. The van der Waals surface area contributed by atoms with Gasteiger partial charge in [-0.3, -0.25) is 0 Å². The van der Waals surface area contributed by atoms with Crippen molar-refractivity contribution < 1.29 is 21.6 Å². The normalized spacial score (nSPS) is 20.5. The van der Waals surface area contributed by atoms with Crippen molar-refractivity contribution in [1.82, 2.24) is 10.0 Å². The molecule has 1 atom stereocenters. The first-order chi connectivity index (χ1) is 8.92. The van der Waals surface area contributed by atoms with E-state index in [4.69, 9.17) is 0 Å². The Hall–Kier alpha value is -1.12. The minimum Gasteiger partial charge on any atom is -0.315 e. The highest BCUT2D eigenvalue weighted by molar-refractivity contribution is 7.89. The first kappa shape index (κ1) is 14.3. The second-order valence-corrected chi connectivity index (χ2v) is 6.02. The maximum Gasteiger partial charge on any atom is 0.243 e. The summed E-state index contributed by atoms with van der Waals surface area (Å²) in [6, 6.07) is 0.921. The predicted molar refractivity (Wildman–Crippen MR) is 62.5 cm³/mol. The molecule has 0 unspecified atom stereocenters. The van der Waals surface area contributed by atoms with Gasteiger partial charge in [-0.15, -0.1) is 0 Å². The van der Waals surface area contributed by atoms with Crippen LogP contribution in [0.1, 0.15) is 12.8 Å². The highest BCUT2D eigenvalue weighted by atomic mass is 32.2. The van der Waals surface area contributed by atoms with Crippen molar-refractivity contribution in [2.45, 2.75) is 23.8 Å². The van der Waals surface area contributed by atoms with Crippen LogP contribution in [-0.4, -0.2) is 27.5 Å². The molecule has 19 heavy (non-hydrogen) atoms. The minimum absolute atomic E-state index is 0.383. The number of sulfonamides is 1. The Morgan fingerprint density at radius 2 is 1.95 bits per heavy atom. The van der Waals surface area contributed by atoms with Crippen molar-refractivity contribution in [3.63, 3.8) is 0 Å². The van der Waals surface area contributed by atoms with E-state index in [0.717, 1.165) is 13.0 Å². The Morgan fingerprint density at radius 1 is 1.21 bits per heavy atom. The fraction of sp³-hybridized carbons (Fsp3) is 0.455. The lowest BCUT2D eigenvalue weighted by Gasteiger charge is -2.23. The first-order valence-corrected chi connectivity index (χ1v) is 7.26. The van der Waals surface area contributed by atoms with Crippen molar-refractivity contribution in [1.29, 1.82) is 0 Å². The maximum atomic E-state index is 13.5. The van der Waals surface area contributed by atoms with Crippen LogP contribution in [0.25, 0.3) is 0 Å². The van der Waals surface area contributed by atoms with E-state index in [1.165, 1.54) is 0 Å². The zero-order chi connectivity index (χ0) is 14.0. The Labute approximate surface area is 109 Å². The Kier molecular flexibility index (Phi) is 4.12. The summed E-state index contributed by atoms with van der Waals surface area (Å²) in [5, 5.41) is 2.99. The van der Waals surface area contributed by atoms with Gasteiger partial charge in [0.05, 0.1) is 0 Å². The summed E-state index contributed by atoms with van der Waals surface area (Å²) in [4.78, 5) is -0.878. The molecule has 106 valence electrons.